The lowest BCUT2D eigenvalue weighted by atomic mass is 10.2. The Hall–Kier alpha value is -1.46. The molecule has 0 spiro atoms. The van der Waals surface area contributed by atoms with Gasteiger partial charge in [-0.25, -0.2) is 0 Å². The highest BCUT2D eigenvalue weighted by molar-refractivity contribution is 5.66. The highest BCUT2D eigenvalue weighted by Crippen LogP contribution is 2.15. The van der Waals surface area contributed by atoms with Gasteiger partial charge >= 0.3 is 5.97 Å². The summed E-state index contributed by atoms with van der Waals surface area (Å²) in [5.41, 5.74) is 1.95. The average Bonchev–Trinajstić information content (AvgIpc) is 2.40. The summed E-state index contributed by atoms with van der Waals surface area (Å²) in [6.07, 6.45) is 1.56. The van der Waals surface area contributed by atoms with Crippen molar-refractivity contribution in [2.45, 2.75) is 26.5 Å². The maximum absolute atomic E-state index is 10.9. The lowest BCUT2D eigenvalue weighted by molar-refractivity contribution is -0.145. The Kier molecular flexibility index (Phi) is 4.87. The number of rotatable bonds is 4. The molecule has 0 saturated carbocycles. The van der Waals surface area contributed by atoms with Crippen molar-refractivity contribution in [2.75, 3.05) is 26.3 Å². The van der Waals surface area contributed by atoms with E-state index in [1.807, 2.05) is 25.3 Å². The zero-order chi connectivity index (χ0) is 13.7. The van der Waals surface area contributed by atoms with Crippen LogP contribution in [-0.2, 0) is 20.8 Å². The van der Waals surface area contributed by atoms with Crippen LogP contribution >= 0.6 is 0 Å². The summed E-state index contributed by atoms with van der Waals surface area (Å²) in [5.74, 6) is -0.285. The van der Waals surface area contributed by atoms with E-state index in [4.69, 9.17) is 9.47 Å². The first kappa shape index (κ1) is 14.0. The third kappa shape index (κ3) is 4.29. The standard InChI is InChI=1S/C14H20N2O3/c1-11(19-12(2)17)14-4-3-13(9-15-14)10-16-5-7-18-8-6-16/h3-4,9,11H,5-8,10H2,1-2H3. The van der Waals surface area contributed by atoms with Gasteiger partial charge in [0.1, 0.15) is 6.10 Å². The van der Waals surface area contributed by atoms with Gasteiger partial charge in [0.05, 0.1) is 18.9 Å². The number of nitrogens with zero attached hydrogens (tertiary/aromatic N) is 2. The molecule has 2 heterocycles. The summed E-state index contributed by atoms with van der Waals surface area (Å²) in [7, 11) is 0. The summed E-state index contributed by atoms with van der Waals surface area (Å²) in [5, 5.41) is 0. The van der Waals surface area contributed by atoms with E-state index in [2.05, 4.69) is 9.88 Å². The molecule has 1 aliphatic rings. The molecule has 1 fully saturated rings. The second-order valence-corrected chi connectivity index (χ2v) is 4.73. The number of aromatic nitrogens is 1. The topological polar surface area (TPSA) is 51.7 Å². The number of carbonyl (C=O) groups excluding carboxylic acids is 1. The summed E-state index contributed by atoms with van der Waals surface area (Å²) >= 11 is 0. The molecule has 2 rings (SSSR count). The summed E-state index contributed by atoms with van der Waals surface area (Å²) in [6.45, 7) is 7.65. The fraction of sp³-hybridized carbons (Fsp3) is 0.571. The maximum atomic E-state index is 10.9. The van der Waals surface area contributed by atoms with Gasteiger partial charge in [0.2, 0.25) is 0 Å². The van der Waals surface area contributed by atoms with Crippen LogP contribution in [0.4, 0.5) is 0 Å². The first-order valence-electron chi connectivity index (χ1n) is 6.57. The molecular weight excluding hydrogens is 244 g/mol. The van der Waals surface area contributed by atoms with Crippen LogP contribution in [0.3, 0.4) is 0 Å². The quantitative estimate of drug-likeness (QED) is 0.772. The normalized spacial score (nSPS) is 18.0. The molecule has 1 unspecified atom stereocenters. The third-order valence-corrected chi connectivity index (χ3v) is 3.12. The Labute approximate surface area is 113 Å². The molecule has 0 N–H and O–H groups in total. The Morgan fingerprint density at radius 1 is 1.47 bits per heavy atom. The monoisotopic (exact) mass is 264 g/mol. The first-order chi connectivity index (χ1) is 9.15. The Morgan fingerprint density at radius 3 is 2.79 bits per heavy atom. The van der Waals surface area contributed by atoms with E-state index < -0.39 is 0 Å². The molecule has 104 valence electrons. The van der Waals surface area contributed by atoms with Crippen LogP contribution < -0.4 is 0 Å². The number of morpholine rings is 1. The fourth-order valence-corrected chi connectivity index (χ4v) is 2.10. The molecule has 1 aromatic rings. The Morgan fingerprint density at radius 2 is 2.21 bits per heavy atom. The van der Waals surface area contributed by atoms with Crippen molar-refractivity contribution in [3.8, 4) is 0 Å². The molecule has 1 saturated heterocycles. The molecule has 5 nitrogen and oxygen atoms in total. The number of hydrogen-bond acceptors (Lipinski definition) is 5. The highest BCUT2D eigenvalue weighted by Gasteiger charge is 2.12. The Balaban J connectivity index is 1.92. The summed E-state index contributed by atoms with van der Waals surface area (Å²) in [4.78, 5) is 17.6. The molecular formula is C14H20N2O3. The van der Waals surface area contributed by atoms with E-state index in [0.29, 0.717) is 0 Å². The van der Waals surface area contributed by atoms with Gasteiger partial charge in [-0.05, 0) is 18.6 Å². The maximum Gasteiger partial charge on any atom is 0.303 e. The van der Waals surface area contributed by atoms with Crippen molar-refractivity contribution in [3.63, 3.8) is 0 Å². The predicted molar refractivity (Wildman–Crippen MR) is 70.5 cm³/mol. The fourth-order valence-electron chi connectivity index (χ4n) is 2.10. The van der Waals surface area contributed by atoms with E-state index in [9.17, 15) is 4.79 Å². The first-order valence-corrected chi connectivity index (χ1v) is 6.57. The third-order valence-electron chi connectivity index (χ3n) is 3.12. The van der Waals surface area contributed by atoms with Gasteiger partial charge in [0.25, 0.3) is 0 Å². The van der Waals surface area contributed by atoms with Crippen LogP contribution in [0.2, 0.25) is 0 Å². The minimum atomic E-state index is -0.296. The SMILES string of the molecule is CC(=O)OC(C)c1ccc(CN2CCOCC2)cn1. The highest BCUT2D eigenvalue weighted by atomic mass is 16.5. The second-order valence-electron chi connectivity index (χ2n) is 4.73. The van der Waals surface area contributed by atoms with Crippen LogP contribution in [0, 0.1) is 0 Å². The van der Waals surface area contributed by atoms with Crippen LogP contribution in [0.5, 0.6) is 0 Å². The summed E-state index contributed by atoms with van der Waals surface area (Å²) in [6, 6.07) is 3.96. The molecule has 0 radical (unpaired) electrons. The van der Waals surface area contributed by atoms with E-state index >= 15 is 0 Å². The molecule has 0 aromatic carbocycles. The van der Waals surface area contributed by atoms with Crippen LogP contribution in [0.25, 0.3) is 0 Å². The van der Waals surface area contributed by atoms with E-state index in [-0.39, 0.29) is 12.1 Å². The number of ether oxygens (including phenoxy) is 2. The molecule has 1 atom stereocenters. The summed E-state index contributed by atoms with van der Waals surface area (Å²) < 4.78 is 10.4. The molecule has 0 amide bonds. The van der Waals surface area contributed by atoms with Gasteiger partial charge in [-0.15, -0.1) is 0 Å². The van der Waals surface area contributed by atoms with Gasteiger partial charge in [0.15, 0.2) is 0 Å². The van der Waals surface area contributed by atoms with Gasteiger partial charge in [-0.1, -0.05) is 6.07 Å². The number of carbonyl (C=O) groups is 1. The smallest absolute Gasteiger partial charge is 0.303 e. The zero-order valence-electron chi connectivity index (χ0n) is 11.5. The lowest BCUT2D eigenvalue weighted by Crippen LogP contribution is -2.35. The van der Waals surface area contributed by atoms with Crippen molar-refractivity contribution in [1.82, 2.24) is 9.88 Å². The van der Waals surface area contributed by atoms with Crippen molar-refractivity contribution in [3.05, 3.63) is 29.6 Å². The predicted octanol–water partition coefficient (Wildman–Crippen LogP) is 1.54. The lowest BCUT2D eigenvalue weighted by Gasteiger charge is -2.26. The second kappa shape index (κ2) is 6.63. The number of pyridine rings is 1. The molecule has 0 bridgehead atoms. The van der Waals surface area contributed by atoms with Gasteiger partial charge in [0, 0.05) is 32.8 Å². The molecule has 19 heavy (non-hydrogen) atoms. The minimum absolute atomic E-state index is 0.285. The van der Waals surface area contributed by atoms with Crippen molar-refractivity contribution >= 4 is 5.97 Å². The average molecular weight is 264 g/mol. The molecule has 0 aliphatic carbocycles. The van der Waals surface area contributed by atoms with E-state index in [1.165, 1.54) is 12.5 Å². The van der Waals surface area contributed by atoms with Crippen molar-refractivity contribution in [1.29, 1.82) is 0 Å². The van der Waals surface area contributed by atoms with E-state index in [0.717, 1.165) is 38.5 Å². The van der Waals surface area contributed by atoms with Gasteiger partial charge in [-0.2, -0.15) is 0 Å². The number of hydrogen-bond donors (Lipinski definition) is 0. The molecule has 1 aliphatic heterocycles. The Bertz CT molecular complexity index is 413. The van der Waals surface area contributed by atoms with Crippen molar-refractivity contribution in [2.24, 2.45) is 0 Å². The van der Waals surface area contributed by atoms with Crippen LogP contribution in [-0.4, -0.2) is 42.2 Å². The zero-order valence-corrected chi connectivity index (χ0v) is 11.5. The molecule has 5 heteroatoms. The number of esters is 1. The largest absolute Gasteiger partial charge is 0.456 e. The van der Waals surface area contributed by atoms with Crippen molar-refractivity contribution < 1.29 is 14.3 Å². The van der Waals surface area contributed by atoms with E-state index in [1.54, 1.807) is 0 Å². The van der Waals surface area contributed by atoms with Crippen LogP contribution in [0.15, 0.2) is 18.3 Å². The minimum Gasteiger partial charge on any atom is -0.456 e. The van der Waals surface area contributed by atoms with Gasteiger partial charge in [-0.3, -0.25) is 14.7 Å². The van der Waals surface area contributed by atoms with Crippen LogP contribution in [0.1, 0.15) is 31.2 Å². The molecule has 1 aromatic heterocycles. The van der Waals surface area contributed by atoms with Gasteiger partial charge < -0.3 is 9.47 Å².